The third kappa shape index (κ3) is 5.80. The zero-order valence-corrected chi connectivity index (χ0v) is 18.0. The molecule has 0 unspecified atom stereocenters. The first-order valence-electron chi connectivity index (χ1n) is 9.09. The summed E-state index contributed by atoms with van der Waals surface area (Å²) in [6.45, 7) is 6.95. The number of benzene rings is 2. The number of rotatable bonds is 6. The van der Waals surface area contributed by atoms with E-state index in [-0.39, 0.29) is 10.5 Å². The molecule has 0 saturated carbocycles. The minimum Gasteiger partial charge on any atom is -0.449 e. The molecule has 0 saturated heterocycles. The van der Waals surface area contributed by atoms with Gasteiger partial charge >= 0.3 is 5.97 Å². The number of carbonyl (C=O) groups excluding carboxylic acids is 2. The number of ether oxygens (including phenoxy) is 1. The maximum Gasteiger partial charge on any atom is 0.338 e. The van der Waals surface area contributed by atoms with Crippen LogP contribution in [0.2, 0.25) is 0 Å². The summed E-state index contributed by atoms with van der Waals surface area (Å²) in [4.78, 5) is 24.4. The molecule has 2 aromatic rings. The number of para-hydroxylation sites is 1. The number of hydrogen-bond donors (Lipinski definition) is 1. The summed E-state index contributed by atoms with van der Waals surface area (Å²) >= 11 is 0. The lowest BCUT2D eigenvalue weighted by Crippen LogP contribution is -2.46. The third-order valence-corrected chi connectivity index (χ3v) is 5.82. The molecule has 1 atom stereocenters. The number of sulfonamides is 1. The molecule has 2 aromatic carbocycles. The molecule has 0 bridgehead atoms. The lowest BCUT2D eigenvalue weighted by atomic mass is 10.1. The van der Waals surface area contributed by atoms with Crippen LogP contribution in [0.5, 0.6) is 0 Å². The van der Waals surface area contributed by atoms with Gasteiger partial charge in [0.15, 0.2) is 6.10 Å². The highest BCUT2D eigenvalue weighted by Crippen LogP contribution is 2.22. The van der Waals surface area contributed by atoms with Gasteiger partial charge in [-0.25, -0.2) is 13.2 Å². The lowest BCUT2D eigenvalue weighted by Gasteiger charge is -2.23. The Morgan fingerprint density at radius 2 is 1.55 bits per heavy atom. The molecule has 156 valence electrons. The molecule has 0 spiro atoms. The first-order valence-corrected chi connectivity index (χ1v) is 10.5. The van der Waals surface area contributed by atoms with Crippen LogP contribution in [0.4, 0.5) is 5.69 Å². The SMILES string of the molecule is C[C@H](OC(=O)c1ccc(S(=O)(=O)N(C)c2ccccc2)cc1)C(=O)NC(C)(C)C. The van der Waals surface area contributed by atoms with Crippen LogP contribution in [0, 0.1) is 0 Å². The number of nitrogens with zero attached hydrogens (tertiary/aromatic N) is 1. The van der Waals surface area contributed by atoms with Crippen molar-refractivity contribution >= 4 is 27.6 Å². The minimum atomic E-state index is -3.77. The van der Waals surface area contributed by atoms with E-state index in [2.05, 4.69) is 5.32 Å². The Labute approximate surface area is 171 Å². The van der Waals surface area contributed by atoms with Crippen molar-refractivity contribution in [3.8, 4) is 0 Å². The second kappa shape index (κ2) is 8.65. The predicted molar refractivity (Wildman–Crippen MR) is 111 cm³/mol. The highest BCUT2D eigenvalue weighted by Gasteiger charge is 2.24. The highest BCUT2D eigenvalue weighted by atomic mass is 32.2. The van der Waals surface area contributed by atoms with Crippen LogP contribution in [0.1, 0.15) is 38.1 Å². The summed E-state index contributed by atoms with van der Waals surface area (Å²) in [5, 5.41) is 2.73. The number of nitrogens with one attached hydrogen (secondary N) is 1. The molecule has 0 aliphatic heterocycles. The Morgan fingerprint density at radius 3 is 2.07 bits per heavy atom. The van der Waals surface area contributed by atoms with Crippen molar-refractivity contribution < 1.29 is 22.7 Å². The average molecular weight is 419 g/mol. The van der Waals surface area contributed by atoms with Crippen LogP contribution in [0.3, 0.4) is 0 Å². The van der Waals surface area contributed by atoms with E-state index in [0.29, 0.717) is 5.69 Å². The Bertz CT molecular complexity index is 964. The van der Waals surface area contributed by atoms with Gasteiger partial charge < -0.3 is 10.1 Å². The molecule has 7 nitrogen and oxygen atoms in total. The van der Waals surface area contributed by atoms with E-state index in [1.165, 1.54) is 42.5 Å². The highest BCUT2D eigenvalue weighted by molar-refractivity contribution is 7.92. The molecule has 0 aliphatic carbocycles. The van der Waals surface area contributed by atoms with Gasteiger partial charge in [0.05, 0.1) is 16.1 Å². The van der Waals surface area contributed by atoms with Gasteiger partial charge in [0, 0.05) is 12.6 Å². The molecule has 1 N–H and O–H groups in total. The summed E-state index contributed by atoms with van der Waals surface area (Å²) in [5.74, 6) is -1.11. The number of esters is 1. The zero-order chi connectivity index (χ0) is 21.8. The monoisotopic (exact) mass is 418 g/mol. The molecule has 29 heavy (non-hydrogen) atoms. The second-order valence-electron chi connectivity index (χ2n) is 7.62. The average Bonchev–Trinajstić information content (AvgIpc) is 2.66. The maximum absolute atomic E-state index is 12.8. The number of hydrogen-bond acceptors (Lipinski definition) is 5. The Hall–Kier alpha value is -2.87. The first-order chi connectivity index (χ1) is 13.4. The van der Waals surface area contributed by atoms with E-state index < -0.39 is 33.5 Å². The van der Waals surface area contributed by atoms with Gasteiger partial charge in [-0.05, 0) is 64.1 Å². The predicted octanol–water partition coefficient (Wildman–Crippen LogP) is 2.97. The molecule has 0 fully saturated rings. The van der Waals surface area contributed by atoms with E-state index in [1.807, 2.05) is 20.8 Å². The van der Waals surface area contributed by atoms with Crippen molar-refractivity contribution in [3.63, 3.8) is 0 Å². The van der Waals surface area contributed by atoms with Crippen LogP contribution in [-0.2, 0) is 19.6 Å². The zero-order valence-electron chi connectivity index (χ0n) is 17.2. The molecule has 0 heterocycles. The molecule has 1 amide bonds. The standard InChI is InChI=1S/C21H26N2O5S/c1-15(19(24)22-21(2,3)4)28-20(25)16-11-13-18(14-12-16)29(26,27)23(5)17-9-7-6-8-10-17/h6-15H,1-5H3,(H,22,24)/t15-/m0/s1. The van der Waals surface area contributed by atoms with Gasteiger partial charge in [-0.3, -0.25) is 9.10 Å². The minimum absolute atomic E-state index is 0.0407. The van der Waals surface area contributed by atoms with Gasteiger partial charge in [0.2, 0.25) is 0 Å². The van der Waals surface area contributed by atoms with E-state index in [4.69, 9.17) is 4.74 Å². The van der Waals surface area contributed by atoms with Crippen LogP contribution in [-0.4, -0.2) is 39.0 Å². The van der Waals surface area contributed by atoms with Gasteiger partial charge in [0.25, 0.3) is 15.9 Å². The number of anilines is 1. The summed E-state index contributed by atoms with van der Waals surface area (Å²) < 4.78 is 31.9. The van der Waals surface area contributed by atoms with Crippen molar-refractivity contribution in [3.05, 3.63) is 60.2 Å². The van der Waals surface area contributed by atoms with Gasteiger partial charge in [0.1, 0.15) is 0 Å². The quantitative estimate of drug-likeness (QED) is 0.728. The normalized spacial score (nSPS) is 12.7. The number of carbonyl (C=O) groups is 2. The van der Waals surface area contributed by atoms with Crippen LogP contribution in [0.25, 0.3) is 0 Å². The van der Waals surface area contributed by atoms with E-state index in [9.17, 15) is 18.0 Å². The smallest absolute Gasteiger partial charge is 0.338 e. The Kier molecular flexibility index (Phi) is 6.69. The summed E-state index contributed by atoms with van der Waals surface area (Å²) in [7, 11) is -2.31. The molecule has 0 aliphatic rings. The van der Waals surface area contributed by atoms with E-state index >= 15 is 0 Å². The molecular weight excluding hydrogens is 392 g/mol. The van der Waals surface area contributed by atoms with Crippen molar-refractivity contribution in [2.45, 2.75) is 44.2 Å². The molecule has 8 heteroatoms. The largest absolute Gasteiger partial charge is 0.449 e. The second-order valence-corrected chi connectivity index (χ2v) is 9.59. The first kappa shape index (κ1) is 22.4. The summed E-state index contributed by atoms with van der Waals surface area (Å²) in [6.07, 6.45) is -0.977. The van der Waals surface area contributed by atoms with Gasteiger partial charge in [-0.15, -0.1) is 0 Å². The van der Waals surface area contributed by atoms with Crippen molar-refractivity contribution in [1.82, 2.24) is 5.32 Å². The Balaban J connectivity index is 2.11. The fraction of sp³-hybridized carbons (Fsp3) is 0.333. The fourth-order valence-corrected chi connectivity index (χ4v) is 3.65. The fourth-order valence-electron chi connectivity index (χ4n) is 2.45. The van der Waals surface area contributed by atoms with Crippen molar-refractivity contribution in [2.24, 2.45) is 0 Å². The molecular formula is C21H26N2O5S. The lowest BCUT2D eigenvalue weighted by molar-refractivity contribution is -0.130. The maximum atomic E-state index is 12.8. The van der Waals surface area contributed by atoms with E-state index in [0.717, 1.165) is 0 Å². The van der Waals surface area contributed by atoms with Gasteiger partial charge in [-0.1, -0.05) is 18.2 Å². The molecule has 0 aromatic heterocycles. The van der Waals surface area contributed by atoms with Crippen molar-refractivity contribution in [1.29, 1.82) is 0 Å². The van der Waals surface area contributed by atoms with Crippen LogP contribution < -0.4 is 9.62 Å². The number of amides is 1. The van der Waals surface area contributed by atoms with Crippen LogP contribution >= 0.6 is 0 Å². The molecule has 0 radical (unpaired) electrons. The molecule has 2 rings (SSSR count). The Morgan fingerprint density at radius 1 is 1.00 bits per heavy atom. The summed E-state index contributed by atoms with van der Waals surface area (Å²) in [6, 6.07) is 14.1. The van der Waals surface area contributed by atoms with Crippen LogP contribution in [0.15, 0.2) is 59.5 Å². The van der Waals surface area contributed by atoms with Crippen molar-refractivity contribution in [2.75, 3.05) is 11.4 Å². The van der Waals surface area contributed by atoms with Gasteiger partial charge in [-0.2, -0.15) is 0 Å². The summed E-state index contributed by atoms with van der Waals surface area (Å²) in [5.41, 5.74) is 0.231. The topological polar surface area (TPSA) is 92.8 Å². The third-order valence-electron chi connectivity index (χ3n) is 4.02. The van der Waals surface area contributed by atoms with E-state index in [1.54, 1.807) is 30.3 Å².